The number of rotatable bonds is 9. The van der Waals surface area contributed by atoms with Crippen molar-refractivity contribution in [1.29, 1.82) is 0 Å². The van der Waals surface area contributed by atoms with Crippen molar-refractivity contribution in [3.05, 3.63) is 71.5 Å². The molecule has 4 aromatic rings. The molecule has 14 nitrogen and oxygen atoms in total. The zero-order valence-electron chi connectivity index (χ0n) is 40.5. The SMILES string of the molecule is CCn1c(-c2cccnc2[C@H](C)OC)c2c3cc(ccc31)-c1cc(O)cc(c1)C[C@H](NC(=O)[C@H](C(C)C)N(C)C(=O)C13CCC(CO1)C3)C(=O)N1CCC[C@H](N1)C(=O)OCC(C)(C)C2.S.S.S.S. The Bertz CT molecular complexity index is 2460. The van der Waals surface area contributed by atoms with Gasteiger partial charge < -0.3 is 34.1 Å². The number of carbonyl (C=O) groups is 4. The summed E-state index contributed by atoms with van der Waals surface area (Å²) in [6, 6.07) is 12.8. The molecule has 0 spiro atoms. The lowest BCUT2D eigenvalue weighted by Crippen LogP contribution is -2.62. The molecule has 3 N–H and O–H groups in total. The van der Waals surface area contributed by atoms with Gasteiger partial charge in [-0.25, -0.2) is 5.43 Å². The molecule has 2 aromatic heterocycles. The number of likely N-dealkylation sites (N-methyl/N-ethyl adjacent to an activating group) is 1. The minimum Gasteiger partial charge on any atom is -0.508 e. The van der Waals surface area contributed by atoms with E-state index in [1.807, 2.05) is 39.0 Å². The van der Waals surface area contributed by atoms with Gasteiger partial charge in [0, 0.05) is 61.7 Å². The van der Waals surface area contributed by atoms with Crippen LogP contribution < -0.4 is 10.7 Å². The summed E-state index contributed by atoms with van der Waals surface area (Å²) in [5.41, 5.74) is 8.78. The maximum atomic E-state index is 14.7. The number of aromatic nitrogens is 2. The van der Waals surface area contributed by atoms with Crippen molar-refractivity contribution >= 4 is 88.6 Å². The van der Waals surface area contributed by atoms with Crippen LogP contribution in [0.15, 0.2) is 54.7 Å². The summed E-state index contributed by atoms with van der Waals surface area (Å²) in [7, 11) is 3.32. The van der Waals surface area contributed by atoms with E-state index in [9.17, 15) is 24.3 Å². The van der Waals surface area contributed by atoms with Gasteiger partial charge in [-0.2, -0.15) is 54.0 Å². The fourth-order valence-electron chi connectivity index (χ4n) is 10.6. The molecule has 8 bridgehead atoms. The highest BCUT2D eigenvalue weighted by molar-refractivity contribution is 7.59. The second-order valence-corrected chi connectivity index (χ2v) is 19.6. The number of methoxy groups -OCH3 is 1. The third-order valence-corrected chi connectivity index (χ3v) is 13.9. The van der Waals surface area contributed by atoms with Gasteiger partial charge in [0.05, 0.1) is 30.7 Å². The molecule has 68 heavy (non-hydrogen) atoms. The molecule has 1 saturated carbocycles. The van der Waals surface area contributed by atoms with Crippen molar-refractivity contribution in [2.45, 2.75) is 123 Å². The Morgan fingerprint density at radius 1 is 1.04 bits per heavy atom. The molecule has 18 heteroatoms. The van der Waals surface area contributed by atoms with Crippen LogP contribution in [-0.4, -0.2) is 106 Å². The van der Waals surface area contributed by atoms with Crippen LogP contribution >= 0.6 is 54.0 Å². The standard InChI is InChI=1S/C50H64N6O8.4H2S/c1-9-55-41-15-14-33-24-37(41)38(44(55)36-12-10-18-51-42(36)30(4)62-8)26-49(5,6)28-63-47(60)39-13-11-19-56(53-39)46(59)40(22-32-20-34(33)23-35(57)21-32)52-45(58)43(29(2)3)54(7)48(61)50-17-16-31(25-50)27-64-50;;;;/h10,12,14-15,18,20-21,23-24,29-31,39-40,43,53,57H,9,11,13,16-17,19,22,25-28H2,1-8H3,(H,52,58);4*1H2/t30-,31?,39-,40-,43-,50?;;;;/m0..../s1. The molecule has 1 aliphatic carbocycles. The lowest BCUT2D eigenvalue weighted by atomic mass is 9.84. The van der Waals surface area contributed by atoms with Gasteiger partial charge in [0.15, 0.2) is 0 Å². The molecule has 4 aliphatic rings. The first-order chi connectivity index (χ1) is 30.5. The number of phenols is 1. The number of benzene rings is 2. The van der Waals surface area contributed by atoms with Crippen LogP contribution in [0.4, 0.5) is 0 Å². The molecule has 2 unspecified atom stereocenters. The average Bonchev–Trinajstić information content (AvgIpc) is 3.99. The number of aromatic hydroxyl groups is 1. The maximum absolute atomic E-state index is 14.7. The van der Waals surface area contributed by atoms with Crippen molar-refractivity contribution in [2.24, 2.45) is 17.3 Å². The Kier molecular flexibility index (Phi) is 19.1. The number of carbonyl (C=O) groups excluding carboxylic acids is 4. The Balaban J connectivity index is 0.00000252. The number of nitrogens with one attached hydrogen (secondary N) is 2. The number of cyclic esters (lactones) is 1. The number of nitrogens with zero attached hydrogens (tertiary/aromatic N) is 4. The first-order valence-electron chi connectivity index (χ1n) is 22.9. The number of hydrazine groups is 1. The zero-order chi connectivity index (χ0) is 45.7. The molecule has 6 atom stereocenters. The number of phenolic OH excluding ortho intramolecular Hbond substituents is 1. The maximum Gasteiger partial charge on any atom is 0.324 e. The van der Waals surface area contributed by atoms with Crippen molar-refractivity contribution in [3.8, 4) is 28.1 Å². The molecule has 2 aromatic carbocycles. The number of hydrogen-bond acceptors (Lipinski definition) is 10. The molecule has 3 aliphatic heterocycles. The molecule has 374 valence electrons. The minimum atomic E-state index is -1.12. The van der Waals surface area contributed by atoms with Crippen molar-refractivity contribution in [3.63, 3.8) is 0 Å². The molecule has 2 saturated heterocycles. The van der Waals surface area contributed by atoms with Gasteiger partial charge in [-0.3, -0.25) is 29.2 Å². The summed E-state index contributed by atoms with van der Waals surface area (Å²) in [4.78, 5) is 63.5. The highest BCUT2D eigenvalue weighted by Crippen LogP contribution is 2.46. The summed E-state index contributed by atoms with van der Waals surface area (Å²) >= 11 is 0. The molecule has 3 amide bonds. The Morgan fingerprint density at radius 3 is 2.44 bits per heavy atom. The Morgan fingerprint density at radius 2 is 1.79 bits per heavy atom. The Labute approximate surface area is 428 Å². The first kappa shape index (κ1) is 56.7. The smallest absolute Gasteiger partial charge is 0.324 e. The van der Waals surface area contributed by atoms with Gasteiger partial charge in [-0.15, -0.1) is 0 Å². The minimum absolute atomic E-state index is 0. The molecular weight excluding hydrogens is 941 g/mol. The van der Waals surface area contributed by atoms with Crippen molar-refractivity contribution in [2.75, 3.05) is 33.9 Å². The number of amides is 3. The van der Waals surface area contributed by atoms with E-state index in [2.05, 4.69) is 54.3 Å². The van der Waals surface area contributed by atoms with E-state index in [1.165, 1.54) is 9.91 Å². The second-order valence-electron chi connectivity index (χ2n) is 19.6. The summed E-state index contributed by atoms with van der Waals surface area (Å²) in [6.45, 7) is 13.7. The Hall–Kier alpha value is -3.91. The highest BCUT2D eigenvalue weighted by atomic mass is 32.1. The summed E-state index contributed by atoms with van der Waals surface area (Å²) in [5, 5.41) is 16.8. The lowest BCUT2D eigenvalue weighted by molar-refractivity contribution is -0.159. The third-order valence-electron chi connectivity index (χ3n) is 13.9. The van der Waals surface area contributed by atoms with Gasteiger partial charge in [0.1, 0.15) is 29.5 Å². The highest BCUT2D eigenvalue weighted by Gasteiger charge is 2.54. The van der Waals surface area contributed by atoms with Crippen molar-refractivity contribution < 1.29 is 38.5 Å². The molecule has 3 fully saturated rings. The largest absolute Gasteiger partial charge is 0.508 e. The van der Waals surface area contributed by atoms with Crippen LogP contribution in [0.25, 0.3) is 33.3 Å². The topological polar surface area (TPSA) is 165 Å². The van der Waals surface area contributed by atoms with Crippen LogP contribution in [0.1, 0.15) is 96.6 Å². The predicted octanol–water partition coefficient (Wildman–Crippen LogP) is 6.95. The van der Waals surface area contributed by atoms with E-state index in [1.54, 1.807) is 32.5 Å². The summed E-state index contributed by atoms with van der Waals surface area (Å²) in [6.07, 6.45) is 5.26. The van der Waals surface area contributed by atoms with Gasteiger partial charge in [0.2, 0.25) is 5.91 Å². The van der Waals surface area contributed by atoms with E-state index in [-0.39, 0.29) is 90.7 Å². The van der Waals surface area contributed by atoms with E-state index in [0.29, 0.717) is 63.3 Å². The second kappa shape index (κ2) is 22.9. The van der Waals surface area contributed by atoms with Gasteiger partial charge in [-0.05, 0) is 123 Å². The third kappa shape index (κ3) is 11.2. The van der Waals surface area contributed by atoms with Crippen LogP contribution in [-0.2, 0) is 52.8 Å². The van der Waals surface area contributed by atoms with E-state index >= 15 is 0 Å². The van der Waals surface area contributed by atoms with Crippen LogP contribution in [0.2, 0.25) is 0 Å². The number of ether oxygens (including phenoxy) is 3. The number of pyridine rings is 1. The van der Waals surface area contributed by atoms with E-state index < -0.39 is 46.9 Å². The lowest BCUT2D eigenvalue weighted by Gasteiger charge is -2.38. The van der Waals surface area contributed by atoms with E-state index in [0.717, 1.165) is 51.0 Å². The average molecular weight is 1010 g/mol. The molecule has 0 radical (unpaired) electrons. The number of fused-ring (bicyclic) bond motifs is 8. The molecule has 8 rings (SSSR count). The van der Waals surface area contributed by atoms with Gasteiger partial charge >= 0.3 is 5.97 Å². The number of esters is 1. The predicted molar refractivity (Wildman–Crippen MR) is 284 cm³/mol. The fourth-order valence-corrected chi connectivity index (χ4v) is 10.6. The van der Waals surface area contributed by atoms with Crippen LogP contribution in [0, 0.1) is 17.3 Å². The quantitative estimate of drug-likeness (QED) is 0.150. The zero-order valence-corrected chi connectivity index (χ0v) is 44.5. The number of hydrogen-bond donors (Lipinski definition) is 3. The van der Waals surface area contributed by atoms with Gasteiger partial charge in [0.25, 0.3) is 11.8 Å². The molecule has 5 heterocycles. The normalized spacial score (nSPS) is 22.9. The number of aryl methyl sites for hydroxylation is 1. The van der Waals surface area contributed by atoms with Crippen molar-refractivity contribution in [1.82, 2.24) is 30.2 Å². The van der Waals surface area contributed by atoms with Gasteiger partial charge in [-0.1, -0.05) is 39.8 Å². The van der Waals surface area contributed by atoms with E-state index in [4.69, 9.17) is 19.2 Å². The van der Waals surface area contributed by atoms with Crippen LogP contribution in [0.5, 0.6) is 5.75 Å². The summed E-state index contributed by atoms with van der Waals surface area (Å²) < 4.78 is 20.3. The first-order valence-corrected chi connectivity index (χ1v) is 22.9. The molecular formula is C50H72N6O8S4. The fraction of sp³-hybridized carbons (Fsp3) is 0.540. The summed E-state index contributed by atoms with van der Waals surface area (Å²) in [5.74, 6) is -1.54. The monoisotopic (exact) mass is 1010 g/mol. The van der Waals surface area contributed by atoms with Crippen LogP contribution in [0.3, 0.4) is 0 Å².